The lowest BCUT2D eigenvalue weighted by atomic mass is 10.1. The number of benzene rings is 2. The van der Waals surface area contributed by atoms with E-state index in [-0.39, 0.29) is 35.8 Å². The van der Waals surface area contributed by atoms with Gasteiger partial charge in [0.15, 0.2) is 12.2 Å². The molecule has 0 radical (unpaired) electrons. The van der Waals surface area contributed by atoms with Gasteiger partial charge >= 0.3 is 5.88 Å². The first kappa shape index (κ1) is 23.1. The van der Waals surface area contributed by atoms with Gasteiger partial charge in [0.05, 0.1) is 6.42 Å². The number of rotatable bonds is 7. The van der Waals surface area contributed by atoms with E-state index < -0.39 is 11.9 Å². The number of nitrogens with one attached hydrogen (secondary N) is 1. The lowest BCUT2D eigenvalue weighted by molar-refractivity contribution is -0.746. The van der Waals surface area contributed by atoms with Crippen molar-refractivity contribution in [2.45, 2.75) is 19.0 Å². The summed E-state index contributed by atoms with van der Waals surface area (Å²) in [5.41, 5.74) is 1.46. The first-order valence-electron chi connectivity index (χ1n) is 10.4. The Labute approximate surface area is 201 Å². The molecule has 1 unspecified atom stereocenters. The third-order valence-corrected chi connectivity index (χ3v) is 5.90. The SMILES string of the molecule is CN1C(=O)C(CC(=O)Nc2ccccc2)N(Cc2c(/N=C(\[O-])c3ccccc3)on[n+]2C)C1=S. The van der Waals surface area contributed by atoms with Crippen molar-refractivity contribution in [2.75, 3.05) is 12.4 Å². The summed E-state index contributed by atoms with van der Waals surface area (Å²) in [7, 11) is 3.19. The second-order valence-electron chi connectivity index (χ2n) is 7.67. The minimum Gasteiger partial charge on any atom is -0.858 e. The Morgan fingerprint density at radius 3 is 2.53 bits per heavy atom. The summed E-state index contributed by atoms with van der Waals surface area (Å²) >= 11 is 5.47. The molecule has 0 spiro atoms. The maximum Gasteiger partial charge on any atom is 0.325 e. The highest BCUT2D eigenvalue weighted by molar-refractivity contribution is 7.80. The summed E-state index contributed by atoms with van der Waals surface area (Å²) in [6.07, 6.45) is -0.109. The molecule has 1 fully saturated rings. The lowest BCUT2D eigenvalue weighted by Gasteiger charge is -2.21. The number of amides is 2. The van der Waals surface area contributed by atoms with Crippen LogP contribution in [0.2, 0.25) is 0 Å². The minimum absolute atomic E-state index is 0.00800. The van der Waals surface area contributed by atoms with Crippen LogP contribution in [-0.4, -0.2) is 51.0 Å². The molecule has 1 aliphatic rings. The van der Waals surface area contributed by atoms with Gasteiger partial charge in [0.25, 0.3) is 11.6 Å². The average molecular weight is 479 g/mol. The Hall–Kier alpha value is -4.12. The number of carbonyl (C=O) groups is 2. The molecule has 1 saturated heterocycles. The summed E-state index contributed by atoms with van der Waals surface area (Å²) in [5.74, 6) is -1.11. The van der Waals surface area contributed by atoms with E-state index in [2.05, 4.69) is 15.6 Å². The zero-order chi connectivity index (χ0) is 24.2. The van der Waals surface area contributed by atoms with Crippen LogP contribution in [0.3, 0.4) is 0 Å². The van der Waals surface area contributed by atoms with Crippen LogP contribution >= 0.6 is 12.2 Å². The first-order valence-corrected chi connectivity index (χ1v) is 10.8. The number of nitrogens with zero attached hydrogens (tertiary/aromatic N) is 5. The van der Waals surface area contributed by atoms with Gasteiger partial charge in [-0.1, -0.05) is 48.5 Å². The van der Waals surface area contributed by atoms with E-state index in [9.17, 15) is 14.7 Å². The quantitative estimate of drug-likeness (QED) is 0.232. The fourth-order valence-corrected chi connectivity index (χ4v) is 3.84. The molecule has 0 saturated carbocycles. The molecule has 0 aliphatic carbocycles. The second-order valence-corrected chi connectivity index (χ2v) is 8.04. The molecule has 174 valence electrons. The van der Waals surface area contributed by atoms with E-state index in [0.29, 0.717) is 16.9 Å². The monoisotopic (exact) mass is 478 g/mol. The molecule has 1 N–H and O–H groups in total. The largest absolute Gasteiger partial charge is 0.858 e. The molecule has 2 amide bonds. The minimum atomic E-state index is -0.825. The van der Waals surface area contributed by atoms with Gasteiger partial charge in [-0.2, -0.15) is 0 Å². The molecule has 0 bridgehead atoms. The zero-order valence-corrected chi connectivity index (χ0v) is 19.4. The topological polar surface area (TPSA) is 118 Å². The lowest BCUT2D eigenvalue weighted by Crippen LogP contribution is -2.42. The zero-order valence-electron chi connectivity index (χ0n) is 18.5. The Bertz CT molecular complexity index is 1240. The number of hydrogen-bond acceptors (Lipinski definition) is 7. The molecule has 1 atom stereocenters. The number of thiocarbonyl (C=S) groups is 1. The fraction of sp³-hybridized carbons (Fsp3) is 0.217. The predicted octanol–water partition coefficient (Wildman–Crippen LogP) is 0.894. The molecule has 11 heteroatoms. The van der Waals surface area contributed by atoms with Gasteiger partial charge in [0.2, 0.25) is 11.2 Å². The van der Waals surface area contributed by atoms with Crippen LogP contribution in [0.25, 0.3) is 0 Å². The highest BCUT2D eigenvalue weighted by atomic mass is 32.1. The highest BCUT2D eigenvalue weighted by Gasteiger charge is 2.43. The van der Waals surface area contributed by atoms with Gasteiger partial charge in [0, 0.05) is 12.7 Å². The van der Waals surface area contributed by atoms with Gasteiger partial charge in [0.1, 0.15) is 12.6 Å². The van der Waals surface area contributed by atoms with E-state index in [4.69, 9.17) is 16.7 Å². The van der Waals surface area contributed by atoms with Crippen LogP contribution in [0.15, 0.2) is 70.2 Å². The highest BCUT2D eigenvalue weighted by Crippen LogP contribution is 2.25. The summed E-state index contributed by atoms with van der Waals surface area (Å²) in [4.78, 5) is 32.5. The van der Waals surface area contributed by atoms with E-state index in [1.54, 1.807) is 73.6 Å². The van der Waals surface area contributed by atoms with Crippen LogP contribution in [0.5, 0.6) is 0 Å². The van der Waals surface area contributed by atoms with Crippen LogP contribution in [0, 0.1) is 0 Å². The van der Waals surface area contributed by atoms with E-state index >= 15 is 0 Å². The second kappa shape index (κ2) is 9.79. The van der Waals surface area contributed by atoms with Crippen molar-refractivity contribution in [3.8, 4) is 0 Å². The number of aryl methyl sites for hydroxylation is 1. The predicted molar refractivity (Wildman–Crippen MR) is 125 cm³/mol. The Morgan fingerprint density at radius 1 is 1.21 bits per heavy atom. The molecule has 4 rings (SSSR count). The van der Waals surface area contributed by atoms with Crippen molar-refractivity contribution in [2.24, 2.45) is 12.0 Å². The number of anilines is 1. The number of aliphatic imine (C=N–C) groups is 1. The number of aromatic nitrogens is 2. The fourth-order valence-electron chi connectivity index (χ4n) is 3.56. The molecule has 10 nitrogen and oxygen atoms in total. The van der Waals surface area contributed by atoms with Gasteiger partial charge in [-0.3, -0.25) is 19.0 Å². The Morgan fingerprint density at radius 2 is 1.85 bits per heavy atom. The molecule has 1 aromatic heterocycles. The summed E-state index contributed by atoms with van der Waals surface area (Å²) in [6, 6.07) is 16.7. The molecule has 2 heterocycles. The van der Waals surface area contributed by atoms with Crippen molar-refractivity contribution in [3.05, 3.63) is 71.9 Å². The van der Waals surface area contributed by atoms with Crippen LogP contribution in [0.1, 0.15) is 17.7 Å². The first-order chi connectivity index (χ1) is 16.3. The van der Waals surface area contributed by atoms with E-state index in [1.807, 2.05) is 6.07 Å². The van der Waals surface area contributed by atoms with E-state index in [1.165, 1.54) is 9.58 Å². The summed E-state index contributed by atoms with van der Waals surface area (Å²) in [5, 5.41) is 19.4. The molecular formula is C23H22N6O4S. The van der Waals surface area contributed by atoms with Gasteiger partial charge in [-0.25, -0.2) is 4.99 Å². The molecule has 34 heavy (non-hydrogen) atoms. The number of para-hydroxylation sites is 1. The maximum atomic E-state index is 12.9. The molecule has 2 aromatic carbocycles. The molecule has 3 aromatic rings. The van der Waals surface area contributed by atoms with Crippen molar-refractivity contribution < 1.29 is 23.9 Å². The summed E-state index contributed by atoms with van der Waals surface area (Å²) < 4.78 is 6.68. The molecule has 1 aliphatic heterocycles. The van der Waals surface area contributed by atoms with Crippen molar-refractivity contribution in [1.29, 1.82) is 0 Å². The third-order valence-electron chi connectivity index (χ3n) is 5.39. The standard InChI is InChI=1S/C23H22N6O4S/c1-27-22(32)17(13-19(30)24-16-11-7-4-8-12-16)29(23(27)34)14-18-21(33-26-28(18)2)25-20(31)15-9-5-3-6-10-15/h3-12,17H,13-14H2,1-2H3,(H-,24,25,26,30,31). The van der Waals surface area contributed by atoms with Crippen LogP contribution in [-0.2, 0) is 23.2 Å². The van der Waals surface area contributed by atoms with Crippen LogP contribution in [0.4, 0.5) is 11.6 Å². The maximum absolute atomic E-state index is 12.9. The van der Waals surface area contributed by atoms with Gasteiger partial charge in [-0.15, -0.1) is 0 Å². The average Bonchev–Trinajstić information content (AvgIpc) is 3.28. The third kappa shape index (κ3) is 4.79. The molecular weight excluding hydrogens is 456 g/mol. The van der Waals surface area contributed by atoms with Crippen molar-refractivity contribution in [1.82, 2.24) is 15.1 Å². The number of likely N-dealkylation sites (N-methyl/N-ethyl adjacent to an activating group) is 1. The number of hydrogen-bond donors (Lipinski definition) is 1. The van der Waals surface area contributed by atoms with Gasteiger partial charge in [-0.05, 0) is 40.5 Å². The number of carbonyl (C=O) groups excluding carboxylic acids is 2. The summed E-state index contributed by atoms with van der Waals surface area (Å²) in [6.45, 7) is 0.0686. The van der Waals surface area contributed by atoms with Crippen molar-refractivity contribution in [3.63, 3.8) is 0 Å². The van der Waals surface area contributed by atoms with Crippen molar-refractivity contribution >= 4 is 46.6 Å². The van der Waals surface area contributed by atoms with Crippen LogP contribution < -0.4 is 15.1 Å². The van der Waals surface area contributed by atoms with E-state index in [0.717, 1.165) is 0 Å². The van der Waals surface area contributed by atoms with Gasteiger partial charge < -0.3 is 15.3 Å². The Balaban J connectivity index is 1.57. The smallest absolute Gasteiger partial charge is 0.325 e. The normalized spacial score (nSPS) is 16.3. The Kier molecular flexibility index (Phi) is 6.64.